The first-order chi connectivity index (χ1) is 14.7. The molecule has 0 aliphatic rings. The number of unbranched alkanes of at least 4 members (excludes halogenated alkanes) is 3. The molecule has 0 saturated carbocycles. The predicted molar refractivity (Wildman–Crippen MR) is 114 cm³/mol. The monoisotopic (exact) mass is 461 g/mol. The van der Waals surface area contributed by atoms with Crippen LogP contribution < -0.4 is 10.5 Å². The summed E-state index contributed by atoms with van der Waals surface area (Å²) in [6, 6.07) is 3.84. The van der Waals surface area contributed by atoms with Crippen molar-refractivity contribution in [1.29, 1.82) is 0 Å². The standard InChI is InChI=1S/C21H30F3N3O3S/c1-3-10-29-11-6-4-5-7-12-30-17-9-8-15(13-16(17)21(22,23)24)18-26-27-19(31-18)20(2,25)14-28/h8-9,13,28H,3-7,10-12,14,25H2,1-2H3. The minimum atomic E-state index is -4.57. The van der Waals surface area contributed by atoms with Crippen LogP contribution in [0.25, 0.3) is 10.6 Å². The molecule has 3 N–H and O–H groups in total. The van der Waals surface area contributed by atoms with Crippen molar-refractivity contribution < 1.29 is 27.8 Å². The fourth-order valence-corrected chi connectivity index (χ4v) is 3.63. The van der Waals surface area contributed by atoms with Crippen LogP contribution in [0.15, 0.2) is 18.2 Å². The molecule has 0 aliphatic carbocycles. The molecule has 1 unspecified atom stereocenters. The summed E-state index contributed by atoms with van der Waals surface area (Å²) in [4.78, 5) is 0. The summed E-state index contributed by atoms with van der Waals surface area (Å²) in [6.45, 7) is 4.95. The molecule has 0 fully saturated rings. The molecule has 6 nitrogen and oxygen atoms in total. The van der Waals surface area contributed by atoms with Gasteiger partial charge in [0, 0.05) is 18.8 Å². The van der Waals surface area contributed by atoms with Gasteiger partial charge < -0.3 is 20.3 Å². The van der Waals surface area contributed by atoms with Gasteiger partial charge >= 0.3 is 6.18 Å². The second-order valence-electron chi connectivity index (χ2n) is 7.57. The van der Waals surface area contributed by atoms with Crippen LogP contribution in [0.2, 0.25) is 0 Å². The van der Waals surface area contributed by atoms with Crippen molar-refractivity contribution in [3.63, 3.8) is 0 Å². The summed E-state index contributed by atoms with van der Waals surface area (Å²) < 4.78 is 51.6. The zero-order valence-electron chi connectivity index (χ0n) is 17.9. The molecule has 2 aromatic rings. The van der Waals surface area contributed by atoms with Gasteiger partial charge in [-0.3, -0.25) is 0 Å². The van der Waals surface area contributed by atoms with Crippen LogP contribution in [0.1, 0.15) is 56.5 Å². The lowest BCUT2D eigenvalue weighted by molar-refractivity contribution is -0.138. The fraction of sp³-hybridized carbons (Fsp3) is 0.619. The molecule has 1 aromatic heterocycles. The van der Waals surface area contributed by atoms with Gasteiger partial charge in [-0.05, 0) is 50.8 Å². The SMILES string of the molecule is CCCOCCCCCCOc1ccc(-c2nnc(C(C)(N)CO)s2)cc1C(F)(F)F. The van der Waals surface area contributed by atoms with Crippen molar-refractivity contribution >= 4 is 11.3 Å². The van der Waals surface area contributed by atoms with E-state index in [1.54, 1.807) is 6.92 Å². The number of nitrogens with two attached hydrogens (primary N) is 1. The van der Waals surface area contributed by atoms with Gasteiger partial charge in [-0.1, -0.05) is 24.7 Å². The summed E-state index contributed by atoms with van der Waals surface area (Å²) in [6.07, 6.45) is -0.156. The molecule has 0 amide bonds. The summed E-state index contributed by atoms with van der Waals surface area (Å²) in [5.41, 5.74) is 4.23. The lowest BCUT2D eigenvalue weighted by atomic mass is 10.1. The number of aliphatic hydroxyl groups excluding tert-OH is 1. The number of rotatable bonds is 13. The first kappa shape index (κ1) is 25.5. The minimum absolute atomic E-state index is 0.203. The van der Waals surface area contributed by atoms with E-state index in [1.165, 1.54) is 12.1 Å². The number of aliphatic hydroxyl groups is 1. The highest BCUT2D eigenvalue weighted by Gasteiger charge is 2.35. The van der Waals surface area contributed by atoms with Crippen LogP contribution in [0.3, 0.4) is 0 Å². The zero-order valence-corrected chi connectivity index (χ0v) is 18.7. The van der Waals surface area contributed by atoms with Crippen molar-refractivity contribution in [2.45, 2.75) is 57.7 Å². The van der Waals surface area contributed by atoms with E-state index < -0.39 is 17.3 Å². The average Bonchev–Trinajstić information content (AvgIpc) is 3.23. The molecule has 1 heterocycles. The van der Waals surface area contributed by atoms with Gasteiger partial charge in [-0.15, -0.1) is 10.2 Å². The largest absolute Gasteiger partial charge is 0.493 e. The van der Waals surface area contributed by atoms with E-state index in [-0.39, 0.29) is 24.5 Å². The van der Waals surface area contributed by atoms with Gasteiger partial charge in [0.1, 0.15) is 15.8 Å². The molecule has 31 heavy (non-hydrogen) atoms. The summed E-state index contributed by atoms with van der Waals surface area (Å²) in [5.74, 6) is -0.203. The van der Waals surface area contributed by atoms with Crippen LogP contribution in [-0.2, 0) is 16.5 Å². The molecule has 0 spiro atoms. The van der Waals surface area contributed by atoms with E-state index in [1.807, 2.05) is 0 Å². The molecule has 0 bridgehead atoms. The van der Waals surface area contributed by atoms with Crippen LogP contribution >= 0.6 is 11.3 Å². The van der Waals surface area contributed by atoms with E-state index >= 15 is 0 Å². The highest BCUT2D eigenvalue weighted by molar-refractivity contribution is 7.14. The Labute approximate surface area is 184 Å². The van der Waals surface area contributed by atoms with Gasteiger partial charge in [0.05, 0.1) is 24.3 Å². The number of halogens is 3. The third-order valence-electron chi connectivity index (χ3n) is 4.56. The molecule has 0 radical (unpaired) electrons. The highest BCUT2D eigenvalue weighted by Crippen LogP contribution is 2.39. The lowest BCUT2D eigenvalue weighted by Crippen LogP contribution is -2.36. The molecule has 0 aliphatic heterocycles. The quantitative estimate of drug-likeness (QED) is 0.418. The summed E-state index contributed by atoms with van der Waals surface area (Å²) in [5, 5.41) is 17.8. The lowest BCUT2D eigenvalue weighted by Gasteiger charge is -2.17. The minimum Gasteiger partial charge on any atom is -0.493 e. The van der Waals surface area contributed by atoms with Crippen LogP contribution in [0.5, 0.6) is 5.75 Å². The summed E-state index contributed by atoms with van der Waals surface area (Å²) >= 11 is 1.05. The van der Waals surface area contributed by atoms with Gasteiger partial charge in [-0.25, -0.2) is 0 Å². The number of aromatic nitrogens is 2. The molecule has 1 atom stereocenters. The Morgan fingerprint density at radius 2 is 1.77 bits per heavy atom. The smallest absolute Gasteiger partial charge is 0.419 e. The molecular weight excluding hydrogens is 431 g/mol. The van der Waals surface area contributed by atoms with E-state index in [9.17, 15) is 18.3 Å². The molecule has 174 valence electrons. The van der Waals surface area contributed by atoms with Crippen LogP contribution in [0, 0.1) is 0 Å². The van der Waals surface area contributed by atoms with Gasteiger partial charge in [0.25, 0.3) is 0 Å². The Bertz CT molecular complexity index is 813. The third-order valence-corrected chi connectivity index (χ3v) is 5.81. The topological polar surface area (TPSA) is 90.5 Å². The number of hydrogen-bond donors (Lipinski definition) is 2. The Morgan fingerprint density at radius 3 is 2.42 bits per heavy atom. The number of hydrogen-bond acceptors (Lipinski definition) is 7. The zero-order chi connectivity index (χ0) is 22.9. The number of ether oxygens (including phenoxy) is 2. The molecule has 1 aromatic carbocycles. The average molecular weight is 462 g/mol. The van der Waals surface area contributed by atoms with Crippen molar-refractivity contribution in [2.75, 3.05) is 26.4 Å². The van der Waals surface area contributed by atoms with Gasteiger partial charge in [0.15, 0.2) is 0 Å². The number of nitrogens with zero attached hydrogens (tertiary/aromatic N) is 2. The van der Waals surface area contributed by atoms with E-state index in [2.05, 4.69) is 17.1 Å². The highest BCUT2D eigenvalue weighted by atomic mass is 32.1. The van der Waals surface area contributed by atoms with Crippen molar-refractivity contribution in [3.8, 4) is 16.3 Å². The fourth-order valence-electron chi connectivity index (χ4n) is 2.74. The van der Waals surface area contributed by atoms with E-state index in [0.29, 0.717) is 23.0 Å². The van der Waals surface area contributed by atoms with Crippen molar-refractivity contribution in [1.82, 2.24) is 10.2 Å². The maximum atomic E-state index is 13.6. The van der Waals surface area contributed by atoms with Gasteiger partial charge in [-0.2, -0.15) is 13.2 Å². The second-order valence-corrected chi connectivity index (χ2v) is 8.55. The maximum absolute atomic E-state index is 13.6. The van der Waals surface area contributed by atoms with Gasteiger partial charge in [0.2, 0.25) is 0 Å². The normalized spacial score (nSPS) is 13.9. The Balaban J connectivity index is 1.99. The van der Waals surface area contributed by atoms with Crippen LogP contribution in [-0.4, -0.2) is 41.7 Å². The molecule has 10 heteroatoms. The Morgan fingerprint density at radius 1 is 1.06 bits per heavy atom. The van der Waals surface area contributed by atoms with Crippen LogP contribution in [0.4, 0.5) is 13.2 Å². The molecule has 0 saturated heterocycles. The molecular formula is C21H30F3N3O3S. The van der Waals surface area contributed by atoms with E-state index in [4.69, 9.17) is 15.2 Å². The van der Waals surface area contributed by atoms with E-state index in [0.717, 1.165) is 49.7 Å². The second kappa shape index (κ2) is 11.8. The number of alkyl halides is 3. The molecule has 2 rings (SSSR count). The van der Waals surface area contributed by atoms with Crippen molar-refractivity contribution in [3.05, 3.63) is 28.8 Å². The first-order valence-electron chi connectivity index (χ1n) is 10.3. The Kier molecular flexibility index (Phi) is 9.67. The Hall–Kier alpha value is -1.75. The summed E-state index contributed by atoms with van der Waals surface area (Å²) in [7, 11) is 0. The maximum Gasteiger partial charge on any atom is 0.419 e. The third kappa shape index (κ3) is 7.71. The first-order valence-corrected chi connectivity index (χ1v) is 11.2. The predicted octanol–water partition coefficient (Wildman–Crippen LogP) is 4.76. The number of benzene rings is 1. The van der Waals surface area contributed by atoms with Crippen molar-refractivity contribution in [2.24, 2.45) is 5.73 Å².